The summed E-state index contributed by atoms with van der Waals surface area (Å²) in [6.45, 7) is 7.58. The van der Waals surface area contributed by atoms with Gasteiger partial charge in [0, 0.05) is 12.5 Å². The van der Waals surface area contributed by atoms with E-state index in [1.54, 1.807) is 31.4 Å². The molecule has 0 aromatic heterocycles. The van der Waals surface area contributed by atoms with Crippen molar-refractivity contribution in [1.82, 2.24) is 0 Å². The molecule has 2 amide bonds. The molecule has 0 bridgehead atoms. The van der Waals surface area contributed by atoms with Crippen molar-refractivity contribution >= 4 is 17.5 Å². The number of ether oxygens (including phenoxy) is 1. The number of carbonyl (C=O) groups excluding carboxylic acids is 2. The predicted octanol–water partition coefficient (Wildman–Crippen LogP) is 4.19. The van der Waals surface area contributed by atoms with Crippen LogP contribution in [0.25, 0.3) is 0 Å². The number of benzene rings is 2. The van der Waals surface area contributed by atoms with E-state index in [0.29, 0.717) is 17.0 Å². The normalized spacial score (nSPS) is 11.0. The highest BCUT2D eigenvalue weighted by molar-refractivity contribution is 6.20. The fourth-order valence-electron chi connectivity index (χ4n) is 2.59. The highest BCUT2D eigenvalue weighted by atomic mass is 16.5. The van der Waals surface area contributed by atoms with Crippen LogP contribution >= 0.6 is 0 Å². The van der Waals surface area contributed by atoms with Gasteiger partial charge < -0.3 is 4.74 Å². The van der Waals surface area contributed by atoms with Crippen LogP contribution in [0.5, 0.6) is 5.75 Å². The van der Waals surface area contributed by atoms with Gasteiger partial charge in [0.1, 0.15) is 5.75 Å². The molecule has 0 saturated heterocycles. The summed E-state index contributed by atoms with van der Waals surface area (Å²) in [6, 6.07) is 14.3. The Kier molecular flexibility index (Phi) is 5.07. The van der Waals surface area contributed by atoms with Crippen molar-refractivity contribution in [3.63, 3.8) is 0 Å². The lowest BCUT2D eigenvalue weighted by atomic mass is 9.85. The van der Waals surface area contributed by atoms with Gasteiger partial charge in [-0.3, -0.25) is 9.59 Å². The zero-order valence-electron chi connectivity index (χ0n) is 14.8. The maximum Gasteiger partial charge on any atom is 0.265 e. The standard InChI is InChI=1S/C20H23NO3/c1-14(22)21(18-9-7-6-8-17(18)20(2,3)4)19(23)15-10-12-16(24-5)13-11-15/h6-13H,1-5H3. The fraction of sp³-hybridized carbons (Fsp3) is 0.300. The summed E-state index contributed by atoms with van der Waals surface area (Å²) >= 11 is 0. The number of rotatable bonds is 3. The quantitative estimate of drug-likeness (QED) is 0.850. The highest BCUT2D eigenvalue weighted by Gasteiger charge is 2.27. The van der Waals surface area contributed by atoms with Gasteiger partial charge in [0.15, 0.2) is 0 Å². The van der Waals surface area contributed by atoms with Crippen LogP contribution in [0.1, 0.15) is 43.6 Å². The van der Waals surface area contributed by atoms with Gasteiger partial charge in [0.25, 0.3) is 5.91 Å². The molecule has 0 aliphatic heterocycles. The van der Waals surface area contributed by atoms with Crippen molar-refractivity contribution in [1.29, 1.82) is 0 Å². The lowest BCUT2D eigenvalue weighted by molar-refractivity contribution is -0.115. The number of anilines is 1. The van der Waals surface area contributed by atoms with Gasteiger partial charge in [-0.05, 0) is 41.3 Å². The van der Waals surface area contributed by atoms with Crippen LogP contribution in [0, 0.1) is 0 Å². The van der Waals surface area contributed by atoms with Crippen molar-refractivity contribution in [2.45, 2.75) is 33.1 Å². The Labute approximate surface area is 143 Å². The van der Waals surface area contributed by atoms with E-state index in [9.17, 15) is 9.59 Å². The fourth-order valence-corrected chi connectivity index (χ4v) is 2.59. The molecule has 126 valence electrons. The van der Waals surface area contributed by atoms with Gasteiger partial charge in [0.2, 0.25) is 5.91 Å². The molecular formula is C20H23NO3. The smallest absolute Gasteiger partial charge is 0.265 e. The van der Waals surface area contributed by atoms with Crippen LogP contribution in [0.4, 0.5) is 5.69 Å². The third-order valence-electron chi connectivity index (χ3n) is 3.81. The lowest BCUT2D eigenvalue weighted by Crippen LogP contribution is -2.37. The second-order valence-corrected chi connectivity index (χ2v) is 6.66. The van der Waals surface area contributed by atoms with Crippen LogP contribution in [-0.4, -0.2) is 18.9 Å². The molecule has 0 N–H and O–H groups in total. The first-order valence-electron chi connectivity index (χ1n) is 7.84. The van der Waals surface area contributed by atoms with Gasteiger partial charge in [-0.1, -0.05) is 39.0 Å². The number of nitrogens with zero attached hydrogens (tertiary/aromatic N) is 1. The molecule has 0 saturated carbocycles. The Morgan fingerprint density at radius 3 is 2.04 bits per heavy atom. The van der Waals surface area contributed by atoms with Crippen molar-refractivity contribution < 1.29 is 14.3 Å². The summed E-state index contributed by atoms with van der Waals surface area (Å²) < 4.78 is 5.11. The van der Waals surface area contributed by atoms with E-state index in [2.05, 4.69) is 20.8 Å². The SMILES string of the molecule is COc1ccc(C(=O)N(C(C)=O)c2ccccc2C(C)(C)C)cc1. The third-order valence-corrected chi connectivity index (χ3v) is 3.81. The van der Waals surface area contributed by atoms with E-state index in [1.807, 2.05) is 24.3 Å². The van der Waals surface area contributed by atoms with Crippen LogP contribution in [0.15, 0.2) is 48.5 Å². The van der Waals surface area contributed by atoms with Gasteiger partial charge in [0.05, 0.1) is 12.8 Å². The second-order valence-electron chi connectivity index (χ2n) is 6.66. The van der Waals surface area contributed by atoms with Gasteiger partial charge in [-0.25, -0.2) is 4.90 Å². The number of imide groups is 1. The molecular weight excluding hydrogens is 302 g/mol. The Bertz CT molecular complexity index is 742. The number of amides is 2. The van der Waals surface area contributed by atoms with E-state index in [-0.39, 0.29) is 17.2 Å². The Morgan fingerprint density at radius 1 is 0.958 bits per heavy atom. The Hall–Kier alpha value is -2.62. The number of carbonyl (C=O) groups is 2. The lowest BCUT2D eigenvalue weighted by Gasteiger charge is -2.28. The molecule has 0 aliphatic rings. The monoisotopic (exact) mass is 325 g/mol. The molecule has 2 aromatic carbocycles. The molecule has 2 rings (SSSR count). The van der Waals surface area contributed by atoms with Crippen molar-refractivity contribution in [2.24, 2.45) is 0 Å². The van der Waals surface area contributed by atoms with Crippen molar-refractivity contribution in [3.05, 3.63) is 59.7 Å². The molecule has 0 unspecified atom stereocenters. The summed E-state index contributed by atoms with van der Waals surface area (Å²) in [5, 5.41) is 0. The molecule has 24 heavy (non-hydrogen) atoms. The van der Waals surface area contributed by atoms with Gasteiger partial charge >= 0.3 is 0 Å². The topological polar surface area (TPSA) is 46.6 Å². The van der Waals surface area contributed by atoms with Gasteiger partial charge in [-0.15, -0.1) is 0 Å². The highest BCUT2D eigenvalue weighted by Crippen LogP contribution is 2.32. The summed E-state index contributed by atoms with van der Waals surface area (Å²) in [6.07, 6.45) is 0. The molecule has 0 fully saturated rings. The average Bonchev–Trinajstić information content (AvgIpc) is 2.54. The first-order valence-corrected chi connectivity index (χ1v) is 7.84. The number of hydrogen-bond donors (Lipinski definition) is 0. The zero-order chi connectivity index (χ0) is 17.9. The molecule has 4 heteroatoms. The zero-order valence-corrected chi connectivity index (χ0v) is 14.8. The van der Waals surface area contributed by atoms with Crippen molar-refractivity contribution in [2.75, 3.05) is 12.0 Å². The van der Waals surface area contributed by atoms with E-state index in [4.69, 9.17) is 4.74 Å². The predicted molar refractivity (Wildman–Crippen MR) is 95.6 cm³/mol. The Morgan fingerprint density at radius 2 is 1.54 bits per heavy atom. The molecule has 0 heterocycles. The van der Waals surface area contributed by atoms with Crippen LogP contribution in [0.2, 0.25) is 0 Å². The molecule has 0 atom stereocenters. The molecule has 0 aliphatic carbocycles. The van der Waals surface area contributed by atoms with Crippen molar-refractivity contribution in [3.8, 4) is 5.75 Å². The van der Waals surface area contributed by atoms with E-state index >= 15 is 0 Å². The summed E-state index contributed by atoms with van der Waals surface area (Å²) in [7, 11) is 1.57. The first-order chi connectivity index (χ1) is 11.3. The summed E-state index contributed by atoms with van der Waals surface area (Å²) in [5.74, 6) is 0.00499. The third kappa shape index (κ3) is 3.65. The minimum Gasteiger partial charge on any atom is -0.497 e. The number of methoxy groups -OCH3 is 1. The summed E-state index contributed by atoms with van der Waals surface area (Å²) in [5.41, 5.74) is 1.82. The van der Waals surface area contributed by atoms with Crippen LogP contribution < -0.4 is 9.64 Å². The van der Waals surface area contributed by atoms with E-state index < -0.39 is 0 Å². The minimum absolute atomic E-state index is 0.190. The Balaban J connectivity index is 2.51. The number of para-hydroxylation sites is 1. The van der Waals surface area contributed by atoms with Crippen LogP contribution in [-0.2, 0) is 10.2 Å². The largest absolute Gasteiger partial charge is 0.497 e. The van der Waals surface area contributed by atoms with E-state index in [1.165, 1.54) is 11.8 Å². The minimum atomic E-state index is -0.346. The maximum atomic E-state index is 12.9. The second kappa shape index (κ2) is 6.87. The summed E-state index contributed by atoms with van der Waals surface area (Å²) in [4.78, 5) is 26.4. The average molecular weight is 325 g/mol. The molecule has 2 aromatic rings. The van der Waals surface area contributed by atoms with E-state index in [0.717, 1.165) is 5.56 Å². The molecule has 0 radical (unpaired) electrons. The number of hydrogen-bond acceptors (Lipinski definition) is 3. The van der Waals surface area contributed by atoms with Crippen LogP contribution in [0.3, 0.4) is 0 Å². The van der Waals surface area contributed by atoms with Gasteiger partial charge in [-0.2, -0.15) is 0 Å². The maximum absolute atomic E-state index is 12.9. The molecule has 4 nitrogen and oxygen atoms in total. The first kappa shape index (κ1) is 17.7. The molecule has 0 spiro atoms.